The predicted octanol–water partition coefficient (Wildman–Crippen LogP) is 5.19. The largest absolute Gasteiger partial charge is 0.479 e. The van der Waals surface area contributed by atoms with Gasteiger partial charge in [0.1, 0.15) is 0 Å². The zero-order valence-corrected chi connectivity index (χ0v) is 14.0. The quantitative estimate of drug-likeness (QED) is 0.541. The zero-order valence-electron chi connectivity index (χ0n) is 14.0. The fraction of sp³-hybridized carbons (Fsp3) is 0.632. The van der Waals surface area contributed by atoms with Crippen LogP contribution in [0.25, 0.3) is 0 Å². The molecule has 0 bridgehead atoms. The zero-order chi connectivity index (χ0) is 16.3. The summed E-state index contributed by atoms with van der Waals surface area (Å²) in [4.78, 5) is 11.5. The third-order valence-electron chi connectivity index (χ3n) is 4.11. The maximum atomic E-state index is 11.5. The fourth-order valence-corrected chi connectivity index (χ4v) is 2.48. The van der Waals surface area contributed by atoms with E-state index in [-0.39, 0.29) is 0 Å². The van der Waals surface area contributed by atoms with Crippen molar-refractivity contribution in [3.05, 3.63) is 35.9 Å². The van der Waals surface area contributed by atoms with E-state index in [2.05, 4.69) is 6.92 Å². The van der Waals surface area contributed by atoms with Gasteiger partial charge in [0.25, 0.3) is 0 Å². The number of ether oxygens (including phenoxy) is 1. The molecule has 0 spiro atoms. The van der Waals surface area contributed by atoms with E-state index in [0.717, 1.165) is 18.4 Å². The van der Waals surface area contributed by atoms with Crippen molar-refractivity contribution in [1.82, 2.24) is 0 Å². The second-order valence-electron chi connectivity index (χ2n) is 6.18. The fourth-order valence-electron chi connectivity index (χ4n) is 2.48. The molecule has 1 N–H and O–H groups in total. The van der Waals surface area contributed by atoms with Crippen LogP contribution in [0.4, 0.5) is 0 Å². The molecule has 1 rings (SSSR count). The number of carboxylic acids is 1. The first kappa shape index (κ1) is 18.7. The summed E-state index contributed by atoms with van der Waals surface area (Å²) in [5.41, 5.74) is -0.0752. The number of hydrogen-bond acceptors (Lipinski definition) is 2. The summed E-state index contributed by atoms with van der Waals surface area (Å²) in [6.45, 7) is 4.25. The summed E-state index contributed by atoms with van der Waals surface area (Å²) >= 11 is 0. The standard InChI is InChI=1S/C19H30O3/c1-3-4-5-6-7-8-12-15-19(2,18(20)21)22-16-17-13-10-9-11-14-17/h9-11,13-14H,3-8,12,15-16H2,1-2H3,(H,20,21)/t19-/m0/s1. The number of carbonyl (C=O) groups is 1. The Morgan fingerprint density at radius 3 is 2.23 bits per heavy atom. The van der Waals surface area contributed by atoms with Gasteiger partial charge in [0.2, 0.25) is 0 Å². The first-order valence-electron chi connectivity index (χ1n) is 8.50. The molecule has 22 heavy (non-hydrogen) atoms. The summed E-state index contributed by atoms with van der Waals surface area (Å²) in [5.74, 6) is -0.866. The molecule has 124 valence electrons. The van der Waals surface area contributed by atoms with Crippen molar-refractivity contribution in [2.45, 2.75) is 77.4 Å². The van der Waals surface area contributed by atoms with Crippen molar-refractivity contribution >= 4 is 5.97 Å². The van der Waals surface area contributed by atoms with E-state index < -0.39 is 11.6 Å². The second-order valence-corrected chi connectivity index (χ2v) is 6.18. The minimum Gasteiger partial charge on any atom is -0.479 e. The maximum Gasteiger partial charge on any atom is 0.335 e. The van der Waals surface area contributed by atoms with E-state index in [9.17, 15) is 9.90 Å². The molecule has 0 saturated carbocycles. The van der Waals surface area contributed by atoms with Crippen molar-refractivity contribution in [1.29, 1.82) is 0 Å². The molecular weight excluding hydrogens is 276 g/mol. The summed E-state index contributed by atoms with van der Waals surface area (Å²) in [6.07, 6.45) is 8.85. The van der Waals surface area contributed by atoms with Crippen LogP contribution in [0.1, 0.15) is 70.8 Å². The van der Waals surface area contributed by atoms with Crippen LogP contribution in [0.15, 0.2) is 30.3 Å². The molecule has 0 saturated heterocycles. The van der Waals surface area contributed by atoms with E-state index in [1.807, 2.05) is 30.3 Å². The van der Waals surface area contributed by atoms with Crippen molar-refractivity contribution in [2.24, 2.45) is 0 Å². The minimum atomic E-state index is -1.08. The monoisotopic (exact) mass is 306 g/mol. The van der Waals surface area contributed by atoms with E-state index >= 15 is 0 Å². The van der Waals surface area contributed by atoms with E-state index in [4.69, 9.17) is 4.74 Å². The first-order valence-corrected chi connectivity index (χ1v) is 8.50. The molecule has 0 aliphatic heterocycles. The topological polar surface area (TPSA) is 46.5 Å². The van der Waals surface area contributed by atoms with Crippen molar-refractivity contribution in [3.63, 3.8) is 0 Å². The normalized spacial score (nSPS) is 13.7. The Balaban J connectivity index is 2.31. The molecule has 0 fully saturated rings. The molecule has 3 nitrogen and oxygen atoms in total. The number of rotatable bonds is 12. The predicted molar refractivity (Wildman–Crippen MR) is 89.9 cm³/mol. The van der Waals surface area contributed by atoms with Gasteiger partial charge < -0.3 is 9.84 Å². The second kappa shape index (κ2) is 10.4. The average molecular weight is 306 g/mol. The maximum absolute atomic E-state index is 11.5. The van der Waals surface area contributed by atoms with Gasteiger partial charge in [0.15, 0.2) is 5.60 Å². The number of carboxylic acid groups (broad SMARTS) is 1. The molecule has 0 aliphatic rings. The van der Waals surface area contributed by atoms with Gasteiger partial charge in [-0.3, -0.25) is 0 Å². The van der Waals surface area contributed by atoms with Gasteiger partial charge in [-0.1, -0.05) is 75.8 Å². The van der Waals surface area contributed by atoms with Gasteiger partial charge in [-0.25, -0.2) is 4.79 Å². The summed E-state index contributed by atoms with van der Waals surface area (Å²) in [6, 6.07) is 9.73. The highest BCUT2D eigenvalue weighted by atomic mass is 16.5. The van der Waals surface area contributed by atoms with Crippen LogP contribution < -0.4 is 0 Å². The van der Waals surface area contributed by atoms with Crippen LogP contribution >= 0.6 is 0 Å². The van der Waals surface area contributed by atoms with E-state index in [0.29, 0.717) is 13.0 Å². The molecule has 0 aromatic heterocycles. The molecule has 0 aliphatic carbocycles. The molecule has 0 amide bonds. The average Bonchev–Trinajstić information content (AvgIpc) is 2.53. The molecule has 1 aromatic carbocycles. The highest BCUT2D eigenvalue weighted by molar-refractivity contribution is 5.76. The molecular formula is C19H30O3. The van der Waals surface area contributed by atoms with Crippen LogP contribution in [0.2, 0.25) is 0 Å². The highest BCUT2D eigenvalue weighted by Crippen LogP contribution is 2.22. The molecule has 1 atom stereocenters. The number of benzene rings is 1. The van der Waals surface area contributed by atoms with Crippen molar-refractivity contribution < 1.29 is 14.6 Å². The number of aliphatic carboxylic acids is 1. The van der Waals surface area contributed by atoms with Crippen LogP contribution in [0.3, 0.4) is 0 Å². The Hall–Kier alpha value is -1.35. The lowest BCUT2D eigenvalue weighted by molar-refractivity contribution is -0.166. The molecule has 0 heterocycles. The first-order chi connectivity index (χ1) is 10.6. The molecule has 1 aromatic rings. The summed E-state index contributed by atoms with van der Waals surface area (Å²) < 4.78 is 5.72. The summed E-state index contributed by atoms with van der Waals surface area (Å²) in [7, 11) is 0. The molecule has 0 unspecified atom stereocenters. The van der Waals surface area contributed by atoms with Crippen LogP contribution in [-0.4, -0.2) is 16.7 Å². The third kappa shape index (κ3) is 7.08. The van der Waals surface area contributed by atoms with Gasteiger partial charge >= 0.3 is 5.97 Å². The van der Waals surface area contributed by atoms with Gasteiger partial charge in [-0.2, -0.15) is 0 Å². The van der Waals surface area contributed by atoms with Crippen molar-refractivity contribution in [3.8, 4) is 0 Å². The lowest BCUT2D eigenvalue weighted by Crippen LogP contribution is -2.38. The Morgan fingerprint density at radius 2 is 1.64 bits per heavy atom. The lowest BCUT2D eigenvalue weighted by Gasteiger charge is -2.25. The Morgan fingerprint density at radius 1 is 1.05 bits per heavy atom. The van der Waals surface area contributed by atoms with Crippen LogP contribution in [-0.2, 0) is 16.1 Å². The van der Waals surface area contributed by atoms with E-state index in [1.165, 1.54) is 32.1 Å². The number of unbranched alkanes of at least 4 members (excludes halogenated alkanes) is 6. The lowest BCUT2D eigenvalue weighted by atomic mass is 9.97. The van der Waals surface area contributed by atoms with Crippen molar-refractivity contribution in [2.75, 3.05) is 0 Å². The molecule has 3 heteroatoms. The Bertz CT molecular complexity index is 416. The van der Waals surface area contributed by atoms with Gasteiger partial charge in [-0.05, 0) is 25.3 Å². The number of hydrogen-bond donors (Lipinski definition) is 1. The SMILES string of the molecule is CCCCCCCCC[C@](C)(OCc1ccccc1)C(=O)O. The smallest absolute Gasteiger partial charge is 0.335 e. The Labute approximate surface area is 134 Å². The third-order valence-corrected chi connectivity index (χ3v) is 4.11. The summed E-state index contributed by atoms with van der Waals surface area (Å²) in [5, 5.41) is 9.46. The van der Waals surface area contributed by atoms with Crippen LogP contribution in [0, 0.1) is 0 Å². The van der Waals surface area contributed by atoms with Gasteiger partial charge in [-0.15, -0.1) is 0 Å². The van der Waals surface area contributed by atoms with E-state index in [1.54, 1.807) is 6.92 Å². The Kier molecular flexibility index (Phi) is 8.83. The van der Waals surface area contributed by atoms with Crippen LogP contribution in [0.5, 0.6) is 0 Å². The van der Waals surface area contributed by atoms with Gasteiger partial charge in [0.05, 0.1) is 6.61 Å². The highest BCUT2D eigenvalue weighted by Gasteiger charge is 2.33. The minimum absolute atomic E-state index is 0.347. The van der Waals surface area contributed by atoms with Gasteiger partial charge in [0, 0.05) is 0 Å². The molecule has 0 radical (unpaired) electrons.